The maximum atomic E-state index is 12.6. The summed E-state index contributed by atoms with van der Waals surface area (Å²) in [5.41, 5.74) is 1.38. The number of alkyl halides is 7. The Morgan fingerprint density at radius 2 is 1.53 bits per heavy atom. The highest BCUT2D eigenvalue weighted by atomic mass is 35.5. The maximum Gasteiger partial charge on any atom is 0.416 e. The van der Waals surface area contributed by atoms with Crippen LogP contribution in [0.2, 0.25) is 0 Å². The summed E-state index contributed by atoms with van der Waals surface area (Å²) in [5.74, 6) is 0. The molecule has 0 aliphatic heterocycles. The van der Waals surface area contributed by atoms with E-state index < -0.39 is 41.8 Å². The van der Waals surface area contributed by atoms with Crippen LogP contribution in [0.1, 0.15) is 22.7 Å². The highest BCUT2D eigenvalue weighted by molar-refractivity contribution is 5.85. The van der Waals surface area contributed by atoms with Crippen molar-refractivity contribution < 1.29 is 30.7 Å². The molecule has 0 aliphatic rings. The monoisotopic (exact) mass is 311 g/mol. The van der Waals surface area contributed by atoms with Crippen LogP contribution in [0, 0.1) is 0 Å². The second kappa shape index (κ2) is 5.96. The lowest BCUT2D eigenvalue weighted by atomic mass is 9.98. The molecule has 0 aliphatic carbocycles. The lowest BCUT2D eigenvalue weighted by molar-refractivity contribution is -0.143. The van der Waals surface area contributed by atoms with Crippen LogP contribution in [-0.4, -0.2) is 6.67 Å². The van der Waals surface area contributed by atoms with E-state index in [9.17, 15) is 30.7 Å². The molecule has 0 aromatic heterocycles. The van der Waals surface area contributed by atoms with Crippen LogP contribution >= 0.6 is 12.4 Å². The predicted octanol–water partition coefficient (Wildman–Crippen LogP) is 4.12. The van der Waals surface area contributed by atoms with Crippen molar-refractivity contribution in [1.29, 1.82) is 0 Å². The topological polar surface area (TPSA) is 26.0 Å². The highest BCUT2D eigenvalue weighted by Crippen LogP contribution is 2.38. The van der Waals surface area contributed by atoms with Gasteiger partial charge in [-0.15, -0.1) is 12.4 Å². The zero-order valence-corrected chi connectivity index (χ0v) is 9.96. The number of halogens is 8. The van der Waals surface area contributed by atoms with Gasteiger partial charge in [0.2, 0.25) is 0 Å². The molecule has 1 rings (SSSR count). The second-order valence-electron chi connectivity index (χ2n) is 3.56. The second-order valence-corrected chi connectivity index (χ2v) is 3.56. The molecular weight excluding hydrogens is 303 g/mol. The van der Waals surface area contributed by atoms with Gasteiger partial charge in [0.15, 0.2) is 0 Å². The van der Waals surface area contributed by atoms with Crippen LogP contribution in [-0.2, 0) is 12.4 Å². The Kier molecular flexibility index (Phi) is 5.64. The van der Waals surface area contributed by atoms with Crippen LogP contribution in [0.25, 0.3) is 0 Å². The Bertz CT molecular complexity index is 427. The minimum Gasteiger partial charge on any atom is -0.322 e. The summed E-state index contributed by atoms with van der Waals surface area (Å²) in [4.78, 5) is 0. The number of nitrogens with two attached hydrogens (primary N) is 1. The molecule has 2 N–H and O–H groups in total. The molecule has 0 heterocycles. The van der Waals surface area contributed by atoms with Gasteiger partial charge in [-0.1, -0.05) is 6.07 Å². The van der Waals surface area contributed by atoms with Gasteiger partial charge in [-0.2, -0.15) is 26.3 Å². The zero-order chi connectivity index (χ0) is 14.1. The lowest BCUT2D eigenvalue weighted by Crippen LogP contribution is -2.20. The molecule has 1 nitrogen and oxygen atoms in total. The molecule has 0 saturated heterocycles. The van der Waals surface area contributed by atoms with Crippen LogP contribution in [0.5, 0.6) is 0 Å². The predicted molar refractivity (Wildman–Crippen MR) is 56.6 cm³/mol. The molecule has 0 fully saturated rings. The number of hydrogen-bond acceptors (Lipinski definition) is 1. The van der Waals surface area contributed by atoms with E-state index in [1.807, 2.05) is 0 Å². The van der Waals surface area contributed by atoms with Crippen LogP contribution in [0.3, 0.4) is 0 Å². The van der Waals surface area contributed by atoms with Crippen LogP contribution in [0.4, 0.5) is 30.7 Å². The van der Waals surface area contributed by atoms with Gasteiger partial charge in [-0.05, 0) is 17.7 Å². The first-order valence-corrected chi connectivity index (χ1v) is 4.67. The average molecular weight is 312 g/mol. The van der Waals surface area contributed by atoms with E-state index in [1.165, 1.54) is 0 Å². The zero-order valence-electron chi connectivity index (χ0n) is 9.15. The van der Waals surface area contributed by atoms with Gasteiger partial charge in [0.25, 0.3) is 0 Å². The van der Waals surface area contributed by atoms with Gasteiger partial charge in [-0.3, -0.25) is 0 Å². The van der Waals surface area contributed by atoms with Gasteiger partial charge < -0.3 is 5.73 Å². The third-order valence-corrected chi connectivity index (χ3v) is 2.25. The van der Waals surface area contributed by atoms with Crippen molar-refractivity contribution in [3.05, 3.63) is 34.9 Å². The van der Waals surface area contributed by atoms with E-state index in [1.54, 1.807) is 0 Å². The number of hydrogen-bond donors (Lipinski definition) is 1. The normalized spacial score (nSPS) is 13.9. The summed E-state index contributed by atoms with van der Waals surface area (Å²) < 4.78 is 86.9. The smallest absolute Gasteiger partial charge is 0.322 e. The van der Waals surface area contributed by atoms with Crippen molar-refractivity contribution in [2.24, 2.45) is 5.73 Å². The molecule has 1 aromatic rings. The van der Waals surface area contributed by atoms with E-state index in [0.29, 0.717) is 12.1 Å². The molecule has 1 aromatic carbocycles. The van der Waals surface area contributed by atoms with Crippen molar-refractivity contribution in [1.82, 2.24) is 0 Å². The lowest BCUT2D eigenvalue weighted by Gasteiger charge is -2.18. The summed E-state index contributed by atoms with van der Waals surface area (Å²) in [6.07, 6.45) is -9.93. The fraction of sp³-hybridized carbons (Fsp3) is 0.400. The van der Waals surface area contributed by atoms with Crippen molar-refractivity contribution in [2.45, 2.75) is 18.4 Å². The standard InChI is InChI=1S/C10H8F7N.ClH/c11-4-8(18)6-2-1-5(9(12,13)14)3-7(6)10(15,16)17;/h1-3,8H,4,18H2;1H/t8-;/m1./s1. The Morgan fingerprint density at radius 3 is 1.89 bits per heavy atom. The Labute approximate surface area is 110 Å². The Hall–Kier alpha value is -1.02. The molecule has 0 saturated carbocycles. The molecule has 0 bridgehead atoms. The van der Waals surface area contributed by atoms with E-state index in [2.05, 4.69) is 0 Å². The number of benzene rings is 1. The molecule has 19 heavy (non-hydrogen) atoms. The summed E-state index contributed by atoms with van der Waals surface area (Å²) in [6.45, 7) is -1.30. The fourth-order valence-corrected chi connectivity index (χ4v) is 1.38. The van der Waals surface area contributed by atoms with Crippen molar-refractivity contribution in [3.63, 3.8) is 0 Å². The summed E-state index contributed by atoms with van der Waals surface area (Å²) in [6, 6.07) is -0.676. The van der Waals surface area contributed by atoms with Crippen LogP contribution in [0.15, 0.2) is 18.2 Å². The molecule has 110 valence electrons. The van der Waals surface area contributed by atoms with E-state index in [4.69, 9.17) is 5.73 Å². The summed E-state index contributed by atoms with van der Waals surface area (Å²) in [5, 5.41) is 0. The SMILES string of the molecule is Cl.N[C@H](CF)c1ccc(C(F)(F)F)cc1C(F)(F)F. The highest BCUT2D eigenvalue weighted by Gasteiger charge is 2.38. The van der Waals surface area contributed by atoms with Gasteiger partial charge >= 0.3 is 12.4 Å². The largest absolute Gasteiger partial charge is 0.416 e. The maximum absolute atomic E-state index is 12.6. The molecule has 0 amide bonds. The first kappa shape index (κ1) is 18.0. The van der Waals surface area contributed by atoms with E-state index >= 15 is 0 Å². The van der Waals surface area contributed by atoms with Crippen molar-refractivity contribution in [3.8, 4) is 0 Å². The Balaban J connectivity index is 0.00000324. The van der Waals surface area contributed by atoms with E-state index in [-0.39, 0.29) is 18.5 Å². The van der Waals surface area contributed by atoms with Gasteiger partial charge in [0.05, 0.1) is 17.2 Å². The van der Waals surface area contributed by atoms with Crippen molar-refractivity contribution in [2.75, 3.05) is 6.67 Å². The summed E-state index contributed by atoms with van der Waals surface area (Å²) in [7, 11) is 0. The van der Waals surface area contributed by atoms with Crippen LogP contribution < -0.4 is 5.73 Å². The third-order valence-electron chi connectivity index (χ3n) is 2.25. The molecule has 0 spiro atoms. The van der Waals surface area contributed by atoms with Crippen molar-refractivity contribution >= 4 is 12.4 Å². The molecule has 1 atom stereocenters. The fourth-order valence-electron chi connectivity index (χ4n) is 1.38. The first-order valence-electron chi connectivity index (χ1n) is 4.67. The first-order chi connectivity index (χ1) is 8.07. The summed E-state index contributed by atoms with van der Waals surface area (Å²) >= 11 is 0. The molecule has 0 unspecified atom stereocenters. The van der Waals surface area contributed by atoms with Gasteiger partial charge in [-0.25, -0.2) is 4.39 Å². The van der Waals surface area contributed by atoms with Gasteiger partial charge in [0.1, 0.15) is 6.67 Å². The third kappa shape index (κ3) is 4.24. The van der Waals surface area contributed by atoms with Gasteiger partial charge in [0, 0.05) is 0 Å². The molecule has 9 heteroatoms. The number of rotatable bonds is 2. The quantitative estimate of drug-likeness (QED) is 0.817. The minimum absolute atomic E-state index is 0. The Morgan fingerprint density at radius 1 is 1.00 bits per heavy atom. The molecule has 0 radical (unpaired) electrons. The average Bonchev–Trinajstić information content (AvgIpc) is 2.24. The molecular formula is C10H9ClF7N. The van der Waals surface area contributed by atoms with E-state index in [0.717, 1.165) is 0 Å². The minimum atomic E-state index is -5.02.